The van der Waals surface area contributed by atoms with Gasteiger partial charge in [0.1, 0.15) is 11.3 Å². The average molecular weight is 341 g/mol. The second-order valence-corrected chi connectivity index (χ2v) is 6.64. The van der Waals surface area contributed by atoms with Crippen molar-refractivity contribution in [2.75, 3.05) is 38.2 Å². The van der Waals surface area contributed by atoms with Gasteiger partial charge in [-0.2, -0.15) is 0 Å². The second kappa shape index (κ2) is 7.21. The summed E-state index contributed by atoms with van der Waals surface area (Å²) in [6.45, 7) is 4.32. The molecule has 3 aromatic rings. The molecule has 0 radical (unpaired) electrons. The second-order valence-electron chi connectivity index (χ2n) is 5.66. The number of nitrogens with one attached hydrogen (secondary N) is 1. The van der Waals surface area contributed by atoms with Crippen LogP contribution in [0.3, 0.4) is 0 Å². The molecule has 0 aliphatic carbocycles. The number of hydrogen-bond donors (Lipinski definition) is 1. The number of morpholine rings is 1. The van der Waals surface area contributed by atoms with Crippen molar-refractivity contribution < 1.29 is 4.74 Å². The summed E-state index contributed by atoms with van der Waals surface area (Å²) in [6, 6.07) is 8.55. The first-order valence-corrected chi connectivity index (χ1v) is 8.95. The molecule has 1 aliphatic rings. The molecule has 1 atom stereocenters. The van der Waals surface area contributed by atoms with Crippen LogP contribution in [-0.4, -0.2) is 52.7 Å². The molecule has 124 valence electrons. The number of nitrogens with zero attached hydrogens (tertiary/aromatic N) is 4. The van der Waals surface area contributed by atoms with E-state index in [-0.39, 0.29) is 0 Å². The molecule has 1 fully saturated rings. The van der Waals surface area contributed by atoms with Crippen LogP contribution in [0.5, 0.6) is 0 Å². The molecule has 0 amide bonds. The van der Waals surface area contributed by atoms with E-state index in [4.69, 9.17) is 4.74 Å². The topological polar surface area (TPSA) is 63.2 Å². The fraction of sp³-hybridized carbons (Fsp3) is 0.353. The number of aromatic nitrogens is 3. The molecule has 0 aromatic carbocycles. The third kappa shape index (κ3) is 3.38. The van der Waals surface area contributed by atoms with Crippen molar-refractivity contribution in [2.24, 2.45) is 0 Å². The Bertz CT molecular complexity index is 789. The summed E-state index contributed by atoms with van der Waals surface area (Å²) in [5.74, 6) is 0.831. The van der Waals surface area contributed by atoms with Crippen molar-refractivity contribution >= 4 is 28.3 Å². The van der Waals surface area contributed by atoms with E-state index in [0.29, 0.717) is 11.7 Å². The molecule has 3 aromatic heterocycles. The lowest BCUT2D eigenvalue weighted by atomic mass is 10.2. The highest BCUT2D eigenvalue weighted by Crippen LogP contribution is 2.26. The summed E-state index contributed by atoms with van der Waals surface area (Å²) in [7, 11) is 0. The fourth-order valence-corrected chi connectivity index (χ4v) is 3.79. The van der Waals surface area contributed by atoms with Crippen LogP contribution in [0.15, 0.2) is 42.0 Å². The van der Waals surface area contributed by atoms with Crippen molar-refractivity contribution in [3.8, 4) is 0 Å². The highest BCUT2D eigenvalue weighted by Gasteiger charge is 2.23. The first kappa shape index (κ1) is 15.4. The van der Waals surface area contributed by atoms with Crippen molar-refractivity contribution in [1.29, 1.82) is 0 Å². The summed E-state index contributed by atoms with van der Waals surface area (Å²) in [4.78, 5) is 16.9. The zero-order chi connectivity index (χ0) is 16.2. The van der Waals surface area contributed by atoms with Crippen molar-refractivity contribution in [3.05, 3.63) is 46.9 Å². The minimum absolute atomic E-state index is 0.327. The number of pyridine rings is 1. The smallest absolute Gasteiger partial charge is 0.180 e. The van der Waals surface area contributed by atoms with Crippen LogP contribution in [0, 0.1) is 0 Å². The van der Waals surface area contributed by atoms with Gasteiger partial charge in [-0.3, -0.25) is 9.88 Å². The Morgan fingerprint density at radius 2 is 2.04 bits per heavy atom. The van der Waals surface area contributed by atoms with Gasteiger partial charge in [0.05, 0.1) is 19.3 Å². The standard InChI is InChI=1S/C17H19N5OS/c1-2-15(24-11-1)14(22-7-9-23-10-8-22)12-20-16-4-3-13-17(21-16)19-6-5-18-13/h1-6,11,14H,7-10,12H2,(H,19,20,21). The Kier molecular flexibility index (Phi) is 4.64. The Hall–Kier alpha value is -2.09. The largest absolute Gasteiger partial charge is 0.379 e. The Morgan fingerprint density at radius 1 is 1.17 bits per heavy atom. The fourth-order valence-electron chi connectivity index (χ4n) is 2.93. The van der Waals surface area contributed by atoms with Gasteiger partial charge >= 0.3 is 0 Å². The number of ether oxygens (including phenoxy) is 1. The Balaban J connectivity index is 1.51. The predicted octanol–water partition coefficient (Wildman–Crippen LogP) is 2.57. The van der Waals surface area contributed by atoms with Gasteiger partial charge in [-0.15, -0.1) is 11.3 Å². The van der Waals surface area contributed by atoms with Crippen molar-refractivity contribution in [2.45, 2.75) is 6.04 Å². The minimum Gasteiger partial charge on any atom is -0.379 e. The molecule has 4 rings (SSSR count). The maximum Gasteiger partial charge on any atom is 0.180 e. The van der Waals surface area contributed by atoms with Gasteiger partial charge < -0.3 is 10.1 Å². The van der Waals surface area contributed by atoms with Gasteiger partial charge in [-0.25, -0.2) is 9.97 Å². The van der Waals surface area contributed by atoms with E-state index in [9.17, 15) is 0 Å². The molecule has 0 saturated carbocycles. The monoisotopic (exact) mass is 341 g/mol. The van der Waals surface area contributed by atoms with Crippen LogP contribution in [-0.2, 0) is 4.74 Å². The first-order valence-electron chi connectivity index (χ1n) is 8.07. The third-order valence-electron chi connectivity index (χ3n) is 4.17. The van der Waals surface area contributed by atoms with Crippen LogP contribution >= 0.6 is 11.3 Å². The maximum atomic E-state index is 5.49. The lowest BCUT2D eigenvalue weighted by Gasteiger charge is -2.34. The first-order chi connectivity index (χ1) is 11.9. The van der Waals surface area contributed by atoms with Gasteiger partial charge in [-0.05, 0) is 23.6 Å². The Labute approximate surface area is 144 Å². The lowest BCUT2D eigenvalue weighted by Crippen LogP contribution is -2.41. The van der Waals surface area contributed by atoms with E-state index < -0.39 is 0 Å². The lowest BCUT2D eigenvalue weighted by molar-refractivity contribution is 0.0194. The minimum atomic E-state index is 0.327. The highest BCUT2D eigenvalue weighted by molar-refractivity contribution is 7.10. The van der Waals surface area contributed by atoms with E-state index in [0.717, 1.165) is 44.2 Å². The number of hydrogen-bond acceptors (Lipinski definition) is 7. The average Bonchev–Trinajstić information content (AvgIpc) is 3.17. The molecule has 4 heterocycles. The number of anilines is 1. The zero-order valence-corrected chi connectivity index (χ0v) is 14.1. The summed E-state index contributed by atoms with van der Waals surface area (Å²) in [5, 5.41) is 5.60. The molecular weight excluding hydrogens is 322 g/mol. The molecule has 1 saturated heterocycles. The summed E-state index contributed by atoms with van der Waals surface area (Å²) >= 11 is 1.80. The van der Waals surface area contributed by atoms with E-state index in [1.807, 2.05) is 12.1 Å². The molecule has 1 unspecified atom stereocenters. The van der Waals surface area contributed by atoms with Crippen LogP contribution in [0.4, 0.5) is 5.82 Å². The van der Waals surface area contributed by atoms with Crippen molar-refractivity contribution in [3.63, 3.8) is 0 Å². The molecule has 0 spiro atoms. The van der Waals surface area contributed by atoms with E-state index >= 15 is 0 Å². The van der Waals surface area contributed by atoms with Gasteiger partial charge in [0, 0.05) is 36.9 Å². The summed E-state index contributed by atoms with van der Waals surface area (Å²) in [6.07, 6.45) is 3.35. The highest BCUT2D eigenvalue weighted by atomic mass is 32.1. The molecular formula is C17H19N5OS. The summed E-state index contributed by atoms with van der Waals surface area (Å²) < 4.78 is 5.49. The third-order valence-corrected chi connectivity index (χ3v) is 5.14. The molecule has 1 aliphatic heterocycles. The summed E-state index contributed by atoms with van der Waals surface area (Å²) in [5.41, 5.74) is 1.48. The van der Waals surface area contributed by atoms with Gasteiger partial charge in [0.15, 0.2) is 5.65 Å². The van der Waals surface area contributed by atoms with E-state index in [1.165, 1.54) is 4.88 Å². The van der Waals surface area contributed by atoms with Crippen LogP contribution in [0.1, 0.15) is 10.9 Å². The Morgan fingerprint density at radius 3 is 2.88 bits per heavy atom. The maximum absolute atomic E-state index is 5.49. The van der Waals surface area contributed by atoms with E-state index in [2.05, 4.69) is 42.7 Å². The molecule has 1 N–H and O–H groups in total. The van der Waals surface area contributed by atoms with Gasteiger partial charge in [0.25, 0.3) is 0 Å². The number of rotatable bonds is 5. The number of thiophene rings is 1. The van der Waals surface area contributed by atoms with Crippen LogP contribution < -0.4 is 5.32 Å². The van der Waals surface area contributed by atoms with Crippen LogP contribution in [0.2, 0.25) is 0 Å². The SMILES string of the molecule is c1csc(C(CNc2ccc3nccnc3n2)N2CCOCC2)c1. The number of fused-ring (bicyclic) bond motifs is 1. The van der Waals surface area contributed by atoms with Gasteiger partial charge in [-0.1, -0.05) is 6.07 Å². The molecule has 6 nitrogen and oxygen atoms in total. The zero-order valence-electron chi connectivity index (χ0n) is 13.3. The van der Waals surface area contributed by atoms with Crippen LogP contribution in [0.25, 0.3) is 11.2 Å². The van der Waals surface area contributed by atoms with E-state index in [1.54, 1.807) is 23.7 Å². The van der Waals surface area contributed by atoms with Crippen molar-refractivity contribution in [1.82, 2.24) is 19.9 Å². The molecule has 24 heavy (non-hydrogen) atoms. The quantitative estimate of drug-likeness (QED) is 0.769. The normalized spacial score (nSPS) is 17.0. The molecule has 0 bridgehead atoms. The molecule has 7 heteroatoms. The van der Waals surface area contributed by atoms with Gasteiger partial charge in [0.2, 0.25) is 0 Å². The predicted molar refractivity (Wildman–Crippen MR) is 95.3 cm³/mol.